The predicted octanol–water partition coefficient (Wildman–Crippen LogP) is 3.91. The number of benzene rings is 2. The number of amides is 1. The second-order valence-corrected chi connectivity index (χ2v) is 6.54. The lowest BCUT2D eigenvalue weighted by atomic mass is 10.1. The molecule has 0 saturated carbocycles. The fraction of sp³-hybridized carbons (Fsp3) is 0.364. The molecule has 0 radical (unpaired) electrons. The highest BCUT2D eigenvalue weighted by Crippen LogP contribution is 2.13. The van der Waals surface area contributed by atoms with Crippen LogP contribution in [0.25, 0.3) is 0 Å². The maximum atomic E-state index is 11.1. The van der Waals surface area contributed by atoms with Crippen molar-refractivity contribution in [2.24, 2.45) is 4.99 Å². The highest BCUT2D eigenvalue weighted by molar-refractivity contribution is 14.0. The van der Waals surface area contributed by atoms with E-state index in [2.05, 4.69) is 32.7 Å². The van der Waals surface area contributed by atoms with Crippen molar-refractivity contribution in [1.29, 1.82) is 0 Å². The molecule has 0 aliphatic carbocycles. The van der Waals surface area contributed by atoms with Gasteiger partial charge in [-0.25, -0.2) is 0 Å². The van der Waals surface area contributed by atoms with Gasteiger partial charge in [-0.3, -0.25) is 9.79 Å². The maximum Gasteiger partial charge on any atom is 0.221 e. The molecule has 0 aliphatic rings. The lowest BCUT2D eigenvalue weighted by Crippen LogP contribution is -2.39. The monoisotopic (exact) mass is 510 g/mol. The number of carbonyl (C=O) groups excluding carboxylic acids is 1. The summed E-state index contributed by atoms with van der Waals surface area (Å²) >= 11 is 0. The first kappa shape index (κ1) is 24.7. The SMILES string of the molecule is CCOc1ccc(CN(C)C(=NC)NCCc2ccc(NC(C)=O)cc2)cc1.I. The summed E-state index contributed by atoms with van der Waals surface area (Å²) in [7, 11) is 3.81. The molecular weight excluding hydrogens is 479 g/mol. The Labute approximate surface area is 190 Å². The van der Waals surface area contributed by atoms with Gasteiger partial charge in [0.2, 0.25) is 5.91 Å². The van der Waals surface area contributed by atoms with Crippen LogP contribution in [0.2, 0.25) is 0 Å². The van der Waals surface area contributed by atoms with Gasteiger partial charge >= 0.3 is 0 Å². The van der Waals surface area contributed by atoms with Gasteiger partial charge in [0.15, 0.2) is 5.96 Å². The molecule has 0 fully saturated rings. The summed E-state index contributed by atoms with van der Waals surface area (Å²) in [5.41, 5.74) is 3.21. The van der Waals surface area contributed by atoms with E-state index in [4.69, 9.17) is 4.74 Å². The van der Waals surface area contributed by atoms with Crippen LogP contribution in [0.3, 0.4) is 0 Å². The third-order valence-electron chi connectivity index (χ3n) is 4.20. The highest BCUT2D eigenvalue weighted by Gasteiger charge is 2.07. The Morgan fingerprint density at radius 3 is 2.24 bits per heavy atom. The van der Waals surface area contributed by atoms with E-state index in [1.165, 1.54) is 18.1 Å². The number of aliphatic imine (C=N–C) groups is 1. The summed E-state index contributed by atoms with van der Waals surface area (Å²) in [6, 6.07) is 16.0. The van der Waals surface area contributed by atoms with Crippen LogP contribution in [0.1, 0.15) is 25.0 Å². The molecule has 6 nitrogen and oxygen atoms in total. The molecule has 0 heterocycles. The first-order valence-corrected chi connectivity index (χ1v) is 9.52. The third kappa shape index (κ3) is 8.72. The van der Waals surface area contributed by atoms with Gasteiger partial charge in [0.1, 0.15) is 5.75 Å². The number of guanidine groups is 1. The topological polar surface area (TPSA) is 66.0 Å². The van der Waals surface area contributed by atoms with Crippen LogP contribution >= 0.6 is 24.0 Å². The van der Waals surface area contributed by atoms with Crippen LogP contribution in [0, 0.1) is 0 Å². The largest absolute Gasteiger partial charge is 0.494 e. The van der Waals surface area contributed by atoms with Crippen LogP contribution in [0.5, 0.6) is 5.75 Å². The minimum absolute atomic E-state index is 0. The van der Waals surface area contributed by atoms with E-state index in [-0.39, 0.29) is 29.9 Å². The number of rotatable bonds is 8. The quantitative estimate of drug-likeness (QED) is 0.321. The molecule has 0 atom stereocenters. The second kappa shape index (κ2) is 13.0. The van der Waals surface area contributed by atoms with Crippen LogP contribution < -0.4 is 15.4 Å². The first-order valence-electron chi connectivity index (χ1n) is 9.52. The van der Waals surface area contributed by atoms with E-state index in [0.717, 1.165) is 36.9 Å². The summed E-state index contributed by atoms with van der Waals surface area (Å²) < 4.78 is 5.49. The summed E-state index contributed by atoms with van der Waals surface area (Å²) in [5, 5.41) is 6.17. The van der Waals surface area contributed by atoms with Crippen molar-refractivity contribution in [1.82, 2.24) is 10.2 Å². The fourth-order valence-electron chi connectivity index (χ4n) is 2.87. The number of anilines is 1. The molecule has 29 heavy (non-hydrogen) atoms. The molecule has 0 saturated heterocycles. The Morgan fingerprint density at radius 2 is 1.69 bits per heavy atom. The first-order chi connectivity index (χ1) is 13.5. The van der Waals surface area contributed by atoms with Crippen LogP contribution in [0.15, 0.2) is 53.5 Å². The van der Waals surface area contributed by atoms with Crippen molar-refractivity contribution in [3.05, 3.63) is 59.7 Å². The van der Waals surface area contributed by atoms with Crippen molar-refractivity contribution in [3.63, 3.8) is 0 Å². The van der Waals surface area contributed by atoms with Gasteiger partial charge < -0.3 is 20.3 Å². The smallest absolute Gasteiger partial charge is 0.221 e. The van der Waals surface area contributed by atoms with E-state index < -0.39 is 0 Å². The zero-order valence-corrected chi connectivity index (χ0v) is 19.9. The molecule has 0 aromatic heterocycles. The van der Waals surface area contributed by atoms with Gasteiger partial charge in [0, 0.05) is 39.8 Å². The number of hydrogen-bond donors (Lipinski definition) is 2. The molecule has 0 bridgehead atoms. The van der Waals surface area contributed by atoms with Gasteiger partial charge in [-0.05, 0) is 48.7 Å². The molecule has 1 amide bonds. The number of halogens is 1. The Hall–Kier alpha value is -2.29. The zero-order valence-electron chi connectivity index (χ0n) is 17.6. The summed E-state index contributed by atoms with van der Waals surface area (Å²) in [5.74, 6) is 1.68. The Bertz CT molecular complexity index is 776. The fourth-order valence-corrected chi connectivity index (χ4v) is 2.87. The van der Waals surface area contributed by atoms with Gasteiger partial charge in [-0.15, -0.1) is 24.0 Å². The summed E-state index contributed by atoms with van der Waals surface area (Å²) in [6.07, 6.45) is 0.871. The molecule has 2 rings (SSSR count). The van der Waals surface area contributed by atoms with Crippen molar-refractivity contribution < 1.29 is 9.53 Å². The van der Waals surface area contributed by atoms with Crippen molar-refractivity contribution in [3.8, 4) is 5.75 Å². The molecule has 0 aliphatic heterocycles. The van der Waals surface area contributed by atoms with Gasteiger partial charge in [0.05, 0.1) is 6.61 Å². The normalized spacial score (nSPS) is 10.7. The van der Waals surface area contributed by atoms with Crippen LogP contribution in [-0.2, 0) is 17.8 Å². The third-order valence-corrected chi connectivity index (χ3v) is 4.20. The Kier molecular flexibility index (Phi) is 11.1. The summed E-state index contributed by atoms with van der Waals surface area (Å²) in [6.45, 7) is 5.70. The van der Waals surface area contributed by atoms with Crippen molar-refractivity contribution >= 4 is 41.5 Å². The molecule has 7 heteroatoms. The Balaban J connectivity index is 0.00000420. The number of hydrogen-bond acceptors (Lipinski definition) is 3. The highest BCUT2D eigenvalue weighted by atomic mass is 127. The van der Waals surface area contributed by atoms with E-state index in [1.54, 1.807) is 7.05 Å². The number of ether oxygens (including phenoxy) is 1. The van der Waals surface area contributed by atoms with E-state index >= 15 is 0 Å². The van der Waals surface area contributed by atoms with Gasteiger partial charge in [-0.2, -0.15) is 0 Å². The second-order valence-electron chi connectivity index (χ2n) is 6.54. The minimum atomic E-state index is -0.0613. The Morgan fingerprint density at radius 1 is 1.07 bits per heavy atom. The summed E-state index contributed by atoms with van der Waals surface area (Å²) in [4.78, 5) is 17.5. The van der Waals surface area contributed by atoms with Crippen molar-refractivity contribution in [2.45, 2.75) is 26.8 Å². The predicted molar refractivity (Wildman–Crippen MR) is 130 cm³/mol. The standard InChI is InChI=1S/C22H30N4O2.HI/c1-5-28-21-12-8-19(9-13-21)16-26(4)22(23-3)24-15-14-18-6-10-20(11-7-18)25-17(2)27;/h6-13H,5,14-16H2,1-4H3,(H,23,24)(H,25,27);1H. The van der Waals surface area contributed by atoms with Crippen LogP contribution in [-0.4, -0.2) is 44.0 Å². The lowest BCUT2D eigenvalue weighted by Gasteiger charge is -2.22. The molecule has 2 N–H and O–H groups in total. The molecule has 158 valence electrons. The number of carbonyl (C=O) groups is 1. The maximum absolute atomic E-state index is 11.1. The van der Waals surface area contributed by atoms with E-state index in [0.29, 0.717) is 6.61 Å². The van der Waals surface area contributed by atoms with E-state index in [1.807, 2.05) is 50.4 Å². The minimum Gasteiger partial charge on any atom is -0.494 e. The molecule has 0 unspecified atom stereocenters. The molecule has 0 spiro atoms. The molecular formula is C22H31IN4O2. The number of nitrogens with one attached hydrogen (secondary N) is 2. The van der Waals surface area contributed by atoms with Gasteiger partial charge in [-0.1, -0.05) is 24.3 Å². The molecule has 2 aromatic carbocycles. The van der Waals surface area contributed by atoms with Crippen LogP contribution in [0.4, 0.5) is 5.69 Å². The zero-order chi connectivity index (χ0) is 20.4. The average molecular weight is 510 g/mol. The lowest BCUT2D eigenvalue weighted by molar-refractivity contribution is -0.114. The van der Waals surface area contributed by atoms with Gasteiger partial charge in [0.25, 0.3) is 0 Å². The van der Waals surface area contributed by atoms with Crippen molar-refractivity contribution in [2.75, 3.05) is 32.6 Å². The number of nitrogens with zero attached hydrogens (tertiary/aromatic N) is 2. The average Bonchev–Trinajstić information content (AvgIpc) is 2.68. The molecule has 2 aromatic rings. The van der Waals surface area contributed by atoms with E-state index in [9.17, 15) is 4.79 Å².